The average molecular weight is 335 g/mol. The topological polar surface area (TPSA) is 29.5 Å². The van der Waals surface area contributed by atoms with E-state index in [9.17, 15) is 5.11 Å². The van der Waals surface area contributed by atoms with E-state index in [0.29, 0.717) is 17.6 Å². The number of ether oxygens (including phenoxy) is 1. The first-order valence-corrected chi connectivity index (χ1v) is 12.0. The predicted molar refractivity (Wildman–Crippen MR) is 101 cm³/mol. The highest BCUT2D eigenvalue weighted by molar-refractivity contribution is 6.81. The van der Waals surface area contributed by atoms with Crippen LogP contribution in [0.4, 0.5) is 0 Å². The lowest BCUT2D eigenvalue weighted by molar-refractivity contribution is 0.280. The molecule has 0 bridgehead atoms. The monoisotopic (exact) mass is 334 g/mol. The first-order chi connectivity index (χ1) is 10.7. The Hall–Kier alpha value is -0.803. The largest absolute Gasteiger partial charge is 0.497 e. The Balaban J connectivity index is 2.15. The molecular weight excluding hydrogens is 300 g/mol. The van der Waals surface area contributed by atoms with Crippen molar-refractivity contribution in [1.29, 1.82) is 0 Å². The van der Waals surface area contributed by atoms with E-state index in [-0.39, 0.29) is 0 Å². The summed E-state index contributed by atoms with van der Waals surface area (Å²) in [5, 5.41) is 9.73. The van der Waals surface area contributed by atoms with E-state index < -0.39 is 8.07 Å². The van der Waals surface area contributed by atoms with Crippen LogP contribution in [0.5, 0.6) is 5.75 Å². The van der Waals surface area contributed by atoms with Crippen molar-refractivity contribution in [2.24, 2.45) is 5.92 Å². The lowest BCUT2D eigenvalue weighted by atomic mass is 10.1. The molecule has 1 N–H and O–H groups in total. The van der Waals surface area contributed by atoms with E-state index in [1.807, 2.05) is 0 Å². The van der Waals surface area contributed by atoms with Crippen molar-refractivity contribution < 1.29 is 9.84 Å². The molecule has 1 fully saturated rings. The Morgan fingerprint density at radius 3 is 2.30 bits per heavy atom. The van der Waals surface area contributed by atoms with Gasteiger partial charge in [0.25, 0.3) is 0 Å². The van der Waals surface area contributed by atoms with Crippen molar-refractivity contribution in [3.8, 4) is 5.75 Å². The molecule has 2 rings (SSSR count). The van der Waals surface area contributed by atoms with Gasteiger partial charge in [0.2, 0.25) is 0 Å². The Kier molecular flexibility index (Phi) is 5.62. The second-order valence-corrected chi connectivity index (χ2v) is 14.4. The second-order valence-electron chi connectivity index (χ2n) is 8.72. The third-order valence-corrected chi connectivity index (χ3v) is 12.9. The van der Waals surface area contributed by atoms with Crippen LogP contribution >= 0.6 is 0 Å². The molecule has 3 heteroatoms. The van der Waals surface area contributed by atoms with Gasteiger partial charge >= 0.3 is 0 Å². The van der Waals surface area contributed by atoms with Gasteiger partial charge in [-0.05, 0) is 53.0 Å². The molecule has 0 saturated heterocycles. The van der Waals surface area contributed by atoms with Crippen molar-refractivity contribution in [3.63, 3.8) is 0 Å². The molecule has 0 heterocycles. The van der Waals surface area contributed by atoms with Crippen LogP contribution in [0.25, 0.3) is 0 Å². The van der Waals surface area contributed by atoms with Crippen LogP contribution in [0.1, 0.15) is 51.5 Å². The predicted octanol–water partition coefficient (Wildman–Crippen LogP) is 5.45. The van der Waals surface area contributed by atoms with Crippen molar-refractivity contribution in [1.82, 2.24) is 0 Å². The van der Waals surface area contributed by atoms with E-state index in [0.717, 1.165) is 23.6 Å². The summed E-state index contributed by atoms with van der Waals surface area (Å²) in [6.45, 7) is 12.7. The maximum Gasteiger partial charge on any atom is 0.118 e. The van der Waals surface area contributed by atoms with Crippen LogP contribution in [-0.2, 0) is 0 Å². The number of aliphatic hydroxyl groups excluding tert-OH is 1. The number of rotatable bonds is 7. The molecule has 0 aromatic heterocycles. The first-order valence-electron chi connectivity index (χ1n) is 8.97. The van der Waals surface area contributed by atoms with Gasteiger partial charge in [0.05, 0.1) is 15.2 Å². The smallest absolute Gasteiger partial charge is 0.118 e. The normalized spacial score (nSPS) is 22.7. The number of aliphatic hydroxyl groups is 1. The molecule has 130 valence electrons. The van der Waals surface area contributed by atoms with Gasteiger partial charge in [0, 0.05) is 6.61 Å². The number of benzene rings is 1. The average Bonchev–Trinajstić information content (AvgIpc) is 3.26. The fraction of sp³-hybridized carbons (Fsp3) is 0.700. The molecule has 2 nitrogen and oxygen atoms in total. The van der Waals surface area contributed by atoms with E-state index in [2.05, 4.69) is 58.1 Å². The highest BCUT2D eigenvalue weighted by atomic mass is 28.3. The molecule has 0 radical (unpaired) electrons. The molecule has 3 atom stereocenters. The van der Waals surface area contributed by atoms with Crippen LogP contribution in [0.3, 0.4) is 0 Å². The van der Waals surface area contributed by atoms with Gasteiger partial charge in [0.1, 0.15) is 5.75 Å². The molecule has 0 aliphatic heterocycles. The Bertz CT molecular complexity index is 501. The van der Waals surface area contributed by atoms with Crippen molar-refractivity contribution >= 4 is 8.07 Å². The third-order valence-electron chi connectivity index (χ3n) is 6.43. The summed E-state index contributed by atoms with van der Waals surface area (Å²) in [5.74, 6) is 2.45. The van der Waals surface area contributed by atoms with Crippen LogP contribution < -0.4 is 4.74 Å². The zero-order chi connectivity index (χ0) is 17.3. The molecule has 1 aliphatic carbocycles. The minimum atomic E-state index is -1.40. The first kappa shape index (κ1) is 18.5. The SMILES string of the molecule is COc1ccc(C2CC2C(CCCO)[Si](C)(C)C(C)(C)C)cc1. The molecule has 1 aromatic carbocycles. The fourth-order valence-electron chi connectivity index (χ4n) is 3.87. The van der Waals surface area contributed by atoms with Gasteiger partial charge < -0.3 is 9.84 Å². The number of hydrogen-bond donors (Lipinski definition) is 1. The Morgan fingerprint density at radius 2 is 1.83 bits per heavy atom. The highest BCUT2D eigenvalue weighted by Crippen LogP contribution is 2.61. The zero-order valence-corrected chi connectivity index (χ0v) is 16.7. The molecule has 0 spiro atoms. The number of methoxy groups -OCH3 is 1. The van der Waals surface area contributed by atoms with Gasteiger partial charge in [-0.3, -0.25) is 0 Å². The van der Waals surface area contributed by atoms with E-state index in [1.165, 1.54) is 18.4 Å². The van der Waals surface area contributed by atoms with E-state index in [4.69, 9.17) is 4.74 Å². The lowest BCUT2D eigenvalue weighted by Gasteiger charge is -2.44. The molecule has 3 unspecified atom stereocenters. The number of hydrogen-bond acceptors (Lipinski definition) is 2. The van der Waals surface area contributed by atoms with Gasteiger partial charge in [-0.1, -0.05) is 52.4 Å². The van der Waals surface area contributed by atoms with Gasteiger partial charge in [-0.2, -0.15) is 0 Å². The van der Waals surface area contributed by atoms with Gasteiger partial charge in [0.15, 0.2) is 0 Å². The Labute approximate surface area is 143 Å². The maximum atomic E-state index is 9.33. The molecular formula is C20H34O2Si. The Morgan fingerprint density at radius 1 is 1.22 bits per heavy atom. The van der Waals surface area contributed by atoms with Crippen molar-refractivity contribution in [3.05, 3.63) is 29.8 Å². The summed E-state index contributed by atoms with van der Waals surface area (Å²) >= 11 is 0. The molecule has 0 amide bonds. The van der Waals surface area contributed by atoms with Crippen LogP contribution in [0.2, 0.25) is 23.7 Å². The second kappa shape index (κ2) is 6.98. The standard InChI is InChI=1S/C20H34O2Si/c1-20(2,3)23(5,6)19(8-7-13-21)18-14-17(18)15-9-11-16(22-4)12-10-15/h9-12,17-19,21H,7-8,13-14H2,1-6H3. The quantitative estimate of drug-likeness (QED) is 0.672. The minimum Gasteiger partial charge on any atom is -0.497 e. The minimum absolute atomic E-state index is 0.324. The third kappa shape index (κ3) is 4.00. The highest BCUT2D eigenvalue weighted by Gasteiger charge is 2.52. The van der Waals surface area contributed by atoms with Crippen LogP contribution in [0.15, 0.2) is 24.3 Å². The van der Waals surface area contributed by atoms with E-state index >= 15 is 0 Å². The summed E-state index contributed by atoms with van der Waals surface area (Å²) in [5.41, 5.74) is 2.25. The van der Waals surface area contributed by atoms with Gasteiger partial charge in [-0.15, -0.1) is 0 Å². The van der Waals surface area contributed by atoms with Crippen molar-refractivity contribution in [2.45, 2.75) is 69.6 Å². The van der Waals surface area contributed by atoms with Gasteiger partial charge in [-0.25, -0.2) is 0 Å². The summed E-state index contributed by atoms with van der Waals surface area (Å²) in [6, 6.07) is 8.63. The molecule has 1 aliphatic rings. The maximum absolute atomic E-state index is 9.33. The molecule has 1 aromatic rings. The summed E-state index contributed by atoms with van der Waals surface area (Å²) in [4.78, 5) is 0. The molecule has 1 saturated carbocycles. The van der Waals surface area contributed by atoms with Crippen LogP contribution in [0, 0.1) is 5.92 Å². The fourth-order valence-corrected chi connectivity index (χ4v) is 7.35. The molecule has 23 heavy (non-hydrogen) atoms. The zero-order valence-electron chi connectivity index (χ0n) is 15.7. The summed E-state index contributed by atoms with van der Waals surface area (Å²) in [7, 11) is 0.319. The van der Waals surface area contributed by atoms with E-state index in [1.54, 1.807) is 7.11 Å². The summed E-state index contributed by atoms with van der Waals surface area (Å²) < 4.78 is 5.27. The van der Waals surface area contributed by atoms with Crippen molar-refractivity contribution in [2.75, 3.05) is 13.7 Å². The van der Waals surface area contributed by atoms with Crippen LogP contribution in [-0.4, -0.2) is 26.9 Å². The summed E-state index contributed by atoms with van der Waals surface area (Å²) in [6.07, 6.45) is 3.45. The lowest BCUT2D eigenvalue weighted by Crippen LogP contribution is -2.43.